The zero-order valence-corrected chi connectivity index (χ0v) is 13.5. The summed E-state index contributed by atoms with van der Waals surface area (Å²) in [6.07, 6.45) is 5.72. The molecule has 1 aliphatic rings. The normalized spacial score (nSPS) is 21.9. The number of hydrogen-bond donors (Lipinski definition) is 2. The third-order valence-electron chi connectivity index (χ3n) is 3.74. The summed E-state index contributed by atoms with van der Waals surface area (Å²) in [5.41, 5.74) is 1.81. The third kappa shape index (κ3) is 4.40. The van der Waals surface area contributed by atoms with E-state index in [1.54, 1.807) is 6.07 Å². The quantitative estimate of drug-likeness (QED) is 0.875. The van der Waals surface area contributed by atoms with Crippen molar-refractivity contribution < 1.29 is 4.79 Å². The Hall–Kier alpha value is -0.710. The lowest BCUT2D eigenvalue weighted by molar-refractivity contribution is -0.115. The van der Waals surface area contributed by atoms with Gasteiger partial charge in [0.05, 0.1) is 6.54 Å². The molecule has 0 aromatic heterocycles. The van der Waals surface area contributed by atoms with Gasteiger partial charge in [0, 0.05) is 22.0 Å². The largest absolute Gasteiger partial charge is 0.325 e. The molecule has 0 aliphatic heterocycles. The van der Waals surface area contributed by atoms with Crippen LogP contribution in [0.1, 0.15) is 24.8 Å². The predicted octanol–water partition coefficient (Wildman–Crippen LogP) is 3.46. The number of nitrogens with one attached hydrogen (secondary N) is 2. The fourth-order valence-corrected chi connectivity index (χ4v) is 3.47. The van der Waals surface area contributed by atoms with E-state index in [0.29, 0.717) is 17.6 Å². The van der Waals surface area contributed by atoms with Gasteiger partial charge in [0.1, 0.15) is 0 Å². The molecular formula is C15H21ClN2OS. The van der Waals surface area contributed by atoms with E-state index in [0.717, 1.165) is 29.3 Å². The monoisotopic (exact) mass is 312 g/mol. The van der Waals surface area contributed by atoms with Crippen molar-refractivity contribution in [3.63, 3.8) is 0 Å². The highest BCUT2D eigenvalue weighted by molar-refractivity contribution is 7.99. The van der Waals surface area contributed by atoms with Gasteiger partial charge in [0.15, 0.2) is 0 Å². The minimum atomic E-state index is -0.0111. The van der Waals surface area contributed by atoms with Crippen LogP contribution in [0.4, 0.5) is 5.69 Å². The molecule has 20 heavy (non-hydrogen) atoms. The zero-order valence-electron chi connectivity index (χ0n) is 11.9. The molecule has 1 amide bonds. The lowest BCUT2D eigenvalue weighted by Crippen LogP contribution is -2.35. The highest BCUT2D eigenvalue weighted by Crippen LogP contribution is 2.28. The first-order valence-electron chi connectivity index (χ1n) is 6.90. The van der Waals surface area contributed by atoms with Crippen molar-refractivity contribution in [2.45, 2.75) is 37.5 Å². The highest BCUT2D eigenvalue weighted by atomic mass is 35.5. The number of benzene rings is 1. The van der Waals surface area contributed by atoms with Gasteiger partial charge in [-0.2, -0.15) is 11.8 Å². The van der Waals surface area contributed by atoms with E-state index in [-0.39, 0.29) is 5.91 Å². The smallest absolute Gasteiger partial charge is 0.238 e. The standard InChI is InChI=1S/C15H21ClN2OS/c1-10-3-4-11(16)7-14(10)18-15(19)9-17-12-5-6-13(8-12)20-2/h3-4,7,12-13,17H,5-6,8-9H2,1-2H3,(H,18,19). The second kappa shape index (κ2) is 7.34. The summed E-state index contributed by atoms with van der Waals surface area (Å²) >= 11 is 7.87. The predicted molar refractivity (Wildman–Crippen MR) is 87.8 cm³/mol. The number of thioether (sulfide) groups is 1. The molecule has 1 aromatic carbocycles. The maximum Gasteiger partial charge on any atom is 0.238 e. The molecule has 0 bridgehead atoms. The fourth-order valence-electron chi connectivity index (χ4n) is 2.50. The Kier molecular flexibility index (Phi) is 5.75. The summed E-state index contributed by atoms with van der Waals surface area (Å²) in [4.78, 5) is 12.0. The van der Waals surface area contributed by atoms with Gasteiger partial charge in [0.25, 0.3) is 0 Å². The van der Waals surface area contributed by atoms with Crippen molar-refractivity contribution in [2.24, 2.45) is 0 Å². The van der Waals surface area contributed by atoms with E-state index in [4.69, 9.17) is 11.6 Å². The number of anilines is 1. The Bertz CT molecular complexity index is 481. The van der Waals surface area contributed by atoms with Crippen LogP contribution >= 0.6 is 23.4 Å². The molecule has 2 unspecified atom stereocenters. The third-order valence-corrected chi connectivity index (χ3v) is 5.07. The number of halogens is 1. The molecule has 1 aromatic rings. The van der Waals surface area contributed by atoms with E-state index in [1.165, 1.54) is 6.42 Å². The second-order valence-electron chi connectivity index (χ2n) is 5.26. The molecule has 5 heteroatoms. The van der Waals surface area contributed by atoms with Crippen molar-refractivity contribution in [2.75, 3.05) is 18.1 Å². The summed E-state index contributed by atoms with van der Waals surface area (Å²) in [5.74, 6) is -0.0111. The van der Waals surface area contributed by atoms with Crippen LogP contribution in [0, 0.1) is 6.92 Å². The van der Waals surface area contributed by atoms with Crippen molar-refractivity contribution in [3.8, 4) is 0 Å². The number of hydrogen-bond acceptors (Lipinski definition) is 3. The molecule has 3 nitrogen and oxygen atoms in total. The van der Waals surface area contributed by atoms with Crippen molar-refractivity contribution in [3.05, 3.63) is 28.8 Å². The lowest BCUT2D eigenvalue weighted by atomic mass is 10.2. The first-order chi connectivity index (χ1) is 9.58. The van der Waals surface area contributed by atoms with E-state index in [1.807, 2.05) is 30.8 Å². The molecule has 1 saturated carbocycles. The maximum absolute atomic E-state index is 12.0. The summed E-state index contributed by atoms with van der Waals surface area (Å²) in [5, 5.41) is 7.63. The Labute approximate surface area is 129 Å². The summed E-state index contributed by atoms with van der Waals surface area (Å²) in [6, 6.07) is 5.99. The fraction of sp³-hybridized carbons (Fsp3) is 0.533. The molecular weight excluding hydrogens is 292 g/mol. The molecule has 1 fully saturated rings. The van der Waals surface area contributed by atoms with Crippen LogP contribution in [0.5, 0.6) is 0 Å². The van der Waals surface area contributed by atoms with Gasteiger partial charge >= 0.3 is 0 Å². The van der Waals surface area contributed by atoms with Crippen LogP contribution in [0.25, 0.3) is 0 Å². The number of carbonyl (C=O) groups excluding carboxylic acids is 1. The number of amides is 1. The minimum Gasteiger partial charge on any atom is -0.325 e. The van der Waals surface area contributed by atoms with Crippen LogP contribution < -0.4 is 10.6 Å². The van der Waals surface area contributed by atoms with Crippen molar-refractivity contribution in [1.29, 1.82) is 0 Å². The minimum absolute atomic E-state index is 0.0111. The van der Waals surface area contributed by atoms with Crippen LogP contribution in [-0.4, -0.2) is 30.0 Å². The molecule has 110 valence electrons. The summed E-state index contributed by atoms with van der Waals surface area (Å²) < 4.78 is 0. The summed E-state index contributed by atoms with van der Waals surface area (Å²) in [7, 11) is 0. The van der Waals surface area contributed by atoms with Crippen LogP contribution in [0.2, 0.25) is 5.02 Å². The average Bonchev–Trinajstić information content (AvgIpc) is 2.89. The van der Waals surface area contributed by atoms with Crippen LogP contribution in [-0.2, 0) is 4.79 Å². The Balaban J connectivity index is 1.79. The average molecular weight is 313 g/mol. The lowest BCUT2D eigenvalue weighted by Gasteiger charge is -2.13. The Morgan fingerprint density at radius 2 is 2.25 bits per heavy atom. The van der Waals surface area contributed by atoms with Crippen molar-refractivity contribution >= 4 is 35.0 Å². The Morgan fingerprint density at radius 1 is 1.45 bits per heavy atom. The van der Waals surface area contributed by atoms with Gasteiger partial charge in [-0.25, -0.2) is 0 Å². The van der Waals surface area contributed by atoms with Gasteiger partial charge in [-0.1, -0.05) is 17.7 Å². The van der Waals surface area contributed by atoms with E-state index in [2.05, 4.69) is 16.9 Å². The molecule has 0 radical (unpaired) electrons. The van der Waals surface area contributed by atoms with Gasteiger partial charge in [-0.15, -0.1) is 0 Å². The van der Waals surface area contributed by atoms with E-state index >= 15 is 0 Å². The van der Waals surface area contributed by atoms with Crippen LogP contribution in [0.3, 0.4) is 0 Å². The van der Waals surface area contributed by atoms with Gasteiger partial charge in [0.2, 0.25) is 5.91 Å². The molecule has 2 rings (SSSR count). The molecule has 0 heterocycles. The van der Waals surface area contributed by atoms with Gasteiger partial charge in [-0.3, -0.25) is 4.79 Å². The first kappa shape index (κ1) is 15.7. The van der Waals surface area contributed by atoms with Gasteiger partial charge < -0.3 is 10.6 Å². The Morgan fingerprint density at radius 3 is 2.95 bits per heavy atom. The molecule has 1 aliphatic carbocycles. The SMILES string of the molecule is CSC1CCC(NCC(=O)Nc2cc(Cl)ccc2C)C1. The molecule has 2 atom stereocenters. The number of aryl methyl sites for hydroxylation is 1. The second-order valence-corrected chi connectivity index (χ2v) is 6.83. The molecule has 2 N–H and O–H groups in total. The molecule has 0 saturated heterocycles. The summed E-state index contributed by atoms with van der Waals surface area (Å²) in [6.45, 7) is 2.32. The van der Waals surface area contributed by atoms with E-state index in [9.17, 15) is 4.79 Å². The number of carbonyl (C=O) groups is 1. The maximum atomic E-state index is 12.0. The van der Waals surface area contributed by atoms with Gasteiger partial charge in [-0.05, 0) is 50.1 Å². The van der Waals surface area contributed by atoms with E-state index < -0.39 is 0 Å². The van der Waals surface area contributed by atoms with Crippen LogP contribution in [0.15, 0.2) is 18.2 Å². The highest BCUT2D eigenvalue weighted by Gasteiger charge is 2.23. The zero-order chi connectivity index (χ0) is 14.5. The molecule has 0 spiro atoms. The number of rotatable bonds is 5. The topological polar surface area (TPSA) is 41.1 Å². The first-order valence-corrected chi connectivity index (χ1v) is 8.57. The van der Waals surface area contributed by atoms with Crippen molar-refractivity contribution in [1.82, 2.24) is 5.32 Å².